The molecule has 2 aromatic rings. The molecule has 4 rings (SSSR count). The SMILES string of the molecule is CCCCC1=CC[C-]=C1.[Cl-].[Cl-].[Zr+4].[c-]1cccc2c1Cc1ccccc1-2. The van der Waals surface area contributed by atoms with Crippen molar-refractivity contribution in [3.05, 3.63) is 83.5 Å². The first-order valence-electron chi connectivity index (χ1n) is 8.22. The van der Waals surface area contributed by atoms with E-state index in [1.54, 1.807) is 0 Å². The summed E-state index contributed by atoms with van der Waals surface area (Å²) >= 11 is 0. The van der Waals surface area contributed by atoms with Crippen molar-refractivity contribution in [3.63, 3.8) is 0 Å². The Morgan fingerprint density at radius 2 is 1.76 bits per heavy atom. The van der Waals surface area contributed by atoms with Gasteiger partial charge in [0.2, 0.25) is 0 Å². The molecule has 0 fully saturated rings. The zero-order valence-electron chi connectivity index (χ0n) is 14.5. The number of benzene rings is 2. The fraction of sp³-hybridized carbons (Fsp3) is 0.273. The van der Waals surface area contributed by atoms with Gasteiger partial charge in [0.1, 0.15) is 0 Å². The van der Waals surface area contributed by atoms with Crippen LogP contribution in [0.3, 0.4) is 0 Å². The van der Waals surface area contributed by atoms with Crippen LogP contribution in [0.1, 0.15) is 43.7 Å². The van der Waals surface area contributed by atoms with E-state index in [0.717, 1.165) is 12.8 Å². The summed E-state index contributed by atoms with van der Waals surface area (Å²) in [7, 11) is 0. The third kappa shape index (κ3) is 6.56. The van der Waals surface area contributed by atoms with Gasteiger partial charge in [-0.1, -0.05) is 61.6 Å². The van der Waals surface area contributed by atoms with Crippen LogP contribution in [0.5, 0.6) is 0 Å². The summed E-state index contributed by atoms with van der Waals surface area (Å²) in [5.74, 6) is 0. The number of hydrogen-bond acceptors (Lipinski definition) is 0. The van der Waals surface area contributed by atoms with Gasteiger partial charge in [-0.2, -0.15) is 35.9 Å². The van der Waals surface area contributed by atoms with Crippen molar-refractivity contribution in [2.45, 2.75) is 39.0 Å². The molecule has 128 valence electrons. The Bertz CT molecular complexity index is 661. The first-order valence-corrected chi connectivity index (χ1v) is 8.22. The quantitative estimate of drug-likeness (QED) is 0.493. The molecular weight excluding hydrogens is 426 g/mol. The molecule has 3 heteroatoms. The standard InChI is InChI=1S/C13H9.C9H13.2ClH.Zr/c1-3-7-12-10(5-1)9-11-6-2-4-8-13(11)12;1-2-3-6-9-7-4-5-8-9;;;/h1-5,7-8H,9H2;7-8H,2-4,6H2,1H3;2*1H;/q2*-1;;;+4/p-2. The second-order valence-electron chi connectivity index (χ2n) is 5.83. The summed E-state index contributed by atoms with van der Waals surface area (Å²) < 4.78 is 0. The zero-order chi connectivity index (χ0) is 15.2. The Morgan fingerprint density at radius 1 is 1.00 bits per heavy atom. The normalized spacial score (nSPS) is 12.3. The number of fused-ring (bicyclic) bond motifs is 3. The van der Waals surface area contributed by atoms with Crippen molar-refractivity contribution in [3.8, 4) is 11.1 Å². The Morgan fingerprint density at radius 3 is 2.48 bits per heavy atom. The maximum Gasteiger partial charge on any atom is 4.00 e. The minimum atomic E-state index is 0. The van der Waals surface area contributed by atoms with Gasteiger partial charge >= 0.3 is 26.2 Å². The third-order valence-electron chi connectivity index (χ3n) is 4.21. The first kappa shape index (κ1) is 24.4. The van der Waals surface area contributed by atoms with Crippen LogP contribution in [0.25, 0.3) is 11.1 Å². The molecule has 0 bridgehead atoms. The smallest absolute Gasteiger partial charge is 1.00 e. The van der Waals surface area contributed by atoms with Gasteiger partial charge in [-0.05, 0) is 6.42 Å². The molecule has 2 aromatic carbocycles. The van der Waals surface area contributed by atoms with Crippen LogP contribution >= 0.6 is 0 Å². The van der Waals surface area contributed by atoms with Gasteiger partial charge in [0, 0.05) is 0 Å². The van der Waals surface area contributed by atoms with Gasteiger partial charge in [-0.15, -0.1) is 12.0 Å². The van der Waals surface area contributed by atoms with Gasteiger partial charge in [0.15, 0.2) is 0 Å². The van der Waals surface area contributed by atoms with Crippen LogP contribution in [0.2, 0.25) is 0 Å². The molecule has 0 N–H and O–H groups in total. The second kappa shape index (κ2) is 12.7. The van der Waals surface area contributed by atoms with Crippen LogP contribution in [0.4, 0.5) is 0 Å². The average Bonchev–Trinajstić information content (AvgIpc) is 3.21. The van der Waals surface area contributed by atoms with Gasteiger partial charge in [-0.3, -0.25) is 6.08 Å². The van der Waals surface area contributed by atoms with Crippen molar-refractivity contribution in [1.82, 2.24) is 0 Å². The molecule has 0 aliphatic heterocycles. The Balaban J connectivity index is 0.000000435. The van der Waals surface area contributed by atoms with Crippen molar-refractivity contribution < 1.29 is 51.0 Å². The summed E-state index contributed by atoms with van der Waals surface area (Å²) in [5, 5.41) is 0. The number of unbranched alkanes of at least 4 members (excludes halogenated alkanes) is 1. The van der Waals surface area contributed by atoms with Crippen LogP contribution in [-0.4, -0.2) is 0 Å². The third-order valence-corrected chi connectivity index (χ3v) is 4.21. The van der Waals surface area contributed by atoms with Crippen molar-refractivity contribution in [2.75, 3.05) is 0 Å². The molecular formula is C22H22Cl2Zr. The average molecular weight is 449 g/mol. The number of rotatable bonds is 3. The number of hydrogen-bond donors (Lipinski definition) is 0. The molecule has 2 aliphatic rings. The maximum absolute atomic E-state index is 3.30. The molecule has 0 nitrogen and oxygen atoms in total. The topological polar surface area (TPSA) is 0 Å². The summed E-state index contributed by atoms with van der Waals surface area (Å²) in [4.78, 5) is 0. The van der Waals surface area contributed by atoms with Gasteiger partial charge in [0.25, 0.3) is 0 Å². The van der Waals surface area contributed by atoms with Crippen LogP contribution in [0, 0.1) is 12.1 Å². The predicted molar refractivity (Wildman–Crippen MR) is 93.6 cm³/mol. The van der Waals surface area contributed by atoms with E-state index in [0.29, 0.717) is 0 Å². The van der Waals surface area contributed by atoms with Crippen molar-refractivity contribution in [1.29, 1.82) is 0 Å². The molecule has 0 amide bonds. The Kier molecular flexibility index (Phi) is 12.4. The fourth-order valence-corrected chi connectivity index (χ4v) is 2.99. The minimum Gasteiger partial charge on any atom is -1.00 e. The van der Waals surface area contributed by atoms with E-state index in [4.69, 9.17) is 0 Å². The van der Waals surface area contributed by atoms with Crippen LogP contribution < -0.4 is 24.8 Å². The zero-order valence-corrected chi connectivity index (χ0v) is 18.5. The minimum absolute atomic E-state index is 0. The molecule has 0 spiro atoms. The molecule has 0 saturated heterocycles. The Labute approximate surface area is 183 Å². The number of halogens is 2. The van der Waals surface area contributed by atoms with E-state index in [-0.39, 0.29) is 51.0 Å². The molecule has 0 aromatic heterocycles. The molecule has 0 heterocycles. The van der Waals surface area contributed by atoms with Gasteiger partial charge < -0.3 is 24.8 Å². The molecule has 0 unspecified atom stereocenters. The first-order chi connectivity index (χ1) is 10.9. The van der Waals surface area contributed by atoms with E-state index in [1.165, 1.54) is 47.1 Å². The predicted octanol–water partition coefficient (Wildman–Crippen LogP) is -0.0704. The van der Waals surface area contributed by atoms with E-state index >= 15 is 0 Å². The summed E-state index contributed by atoms with van der Waals surface area (Å²) in [6, 6.07) is 18.1. The van der Waals surface area contributed by atoms with Crippen molar-refractivity contribution >= 4 is 0 Å². The molecule has 0 saturated carbocycles. The molecule has 2 aliphatic carbocycles. The fourth-order valence-electron chi connectivity index (χ4n) is 2.99. The Hall–Kier alpha value is -0.617. The van der Waals surface area contributed by atoms with Crippen LogP contribution in [-0.2, 0) is 32.6 Å². The van der Waals surface area contributed by atoms with Crippen LogP contribution in [0.15, 0.2) is 60.2 Å². The monoisotopic (exact) mass is 446 g/mol. The largest absolute Gasteiger partial charge is 4.00 e. The summed E-state index contributed by atoms with van der Waals surface area (Å²) in [5.41, 5.74) is 6.99. The summed E-state index contributed by atoms with van der Waals surface area (Å²) in [6.45, 7) is 2.23. The van der Waals surface area contributed by atoms with Crippen molar-refractivity contribution in [2.24, 2.45) is 0 Å². The summed E-state index contributed by atoms with van der Waals surface area (Å²) in [6.07, 6.45) is 13.5. The van der Waals surface area contributed by atoms with E-state index < -0.39 is 0 Å². The number of allylic oxidation sites excluding steroid dienone is 4. The molecule has 0 radical (unpaired) electrons. The molecule has 25 heavy (non-hydrogen) atoms. The van der Waals surface area contributed by atoms with Gasteiger partial charge in [0.05, 0.1) is 0 Å². The molecule has 0 atom stereocenters. The maximum atomic E-state index is 3.30. The van der Waals surface area contributed by atoms with Gasteiger partial charge in [-0.25, -0.2) is 11.6 Å². The van der Waals surface area contributed by atoms with E-state index in [2.05, 4.69) is 67.6 Å². The van der Waals surface area contributed by atoms with E-state index in [9.17, 15) is 0 Å². The van der Waals surface area contributed by atoms with E-state index in [1.807, 2.05) is 6.07 Å². The second-order valence-corrected chi connectivity index (χ2v) is 5.83.